The first kappa shape index (κ1) is 46.1. The Balaban J connectivity index is 0.000000774. The number of benzene rings is 1. The summed E-state index contributed by atoms with van der Waals surface area (Å²) in [6.45, 7) is 3.31. The number of nitrogen functional groups attached to an aromatic ring is 1. The van der Waals surface area contributed by atoms with Gasteiger partial charge in [0, 0.05) is 65.8 Å². The minimum Gasteiger partial charge on any atom is -0.395 e. The van der Waals surface area contributed by atoms with E-state index in [2.05, 4.69) is 39.2 Å². The van der Waals surface area contributed by atoms with Crippen molar-refractivity contribution in [3.8, 4) is 17.1 Å². The molecule has 2 saturated heterocycles. The van der Waals surface area contributed by atoms with Gasteiger partial charge >= 0.3 is 12.4 Å². The van der Waals surface area contributed by atoms with E-state index in [1.54, 1.807) is 19.1 Å². The Labute approximate surface area is 338 Å². The smallest absolute Gasteiger partial charge is 0.395 e. The van der Waals surface area contributed by atoms with E-state index >= 15 is 0 Å². The van der Waals surface area contributed by atoms with Crippen LogP contribution in [0.3, 0.4) is 0 Å². The van der Waals surface area contributed by atoms with Gasteiger partial charge in [-0.25, -0.2) is 9.67 Å². The summed E-state index contributed by atoms with van der Waals surface area (Å²) in [5.74, 6) is -2.51. The summed E-state index contributed by atoms with van der Waals surface area (Å²) in [6.07, 6.45) is -7.68. The number of likely N-dealkylation sites (tertiary alicyclic amines) is 1. The van der Waals surface area contributed by atoms with Crippen LogP contribution in [0.1, 0.15) is 33.1 Å². The first-order valence-electron chi connectivity index (χ1n) is 17.6. The number of imidazole rings is 1. The standard InChI is InChI=1S/C32H33ClF4N10O3.C2HF3O.C2H6O/c1-43-24(21-16-46(42-26(21)32(35,36)37)25-7-6-23(38)27(34)41-25)15-39-28(43)29(48)40-19-4-5-20(22(33)14-19)31(50)45-11-9-44(10-12-45)30(49)18-8-13-47(2,3)17-18;3-2(4,5)1-6;1-3-2/h4-7,14-16,18H,8-13,17,38H2,1-3H3;1H;1-2H3/p+1. The van der Waals surface area contributed by atoms with Crippen molar-refractivity contribution in [2.75, 3.05) is 78.6 Å². The predicted octanol–water partition coefficient (Wildman–Crippen LogP) is 4.70. The fraction of sp³-hybridized carbons (Fsp3) is 0.417. The normalized spacial score (nSPS) is 16.4. The molecule has 0 bridgehead atoms. The summed E-state index contributed by atoms with van der Waals surface area (Å²) in [6, 6.07) is 6.70. The molecule has 3 aromatic heterocycles. The van der Waals surface area contributed by atoms with Crippen LogP contribution in [0.4, 0.5) is 42.1 Å². The second kappa shape index (κ2) is 18.5. The number of nitrogens with zero attached hydrogens (tertiary/aromatic N) is 8. The molecule has 0 aliphatic carbocycles. The third-order valence-corrected chi connectivity index (χ3v) is 9.48. The van der Waals surface area contributed by atoms with Crippen molar-refractivity contribution in [3.63, 3.8) is 0 Å². The minimum absolute atomic E-state index is 0.0109. The van der Waals surface area contributed by atoms with Crippen molar-refractivity contribution in [2.45, 2.75) is 18.8 Å². The lowest BCUT2D eigenvalue weighted by Gasteiger charge is -2.36. The molecule has 0 spiro atoms. The predicted molar refractivity (Wildman–Crippen MR) is 200 cm³/mol. The van der Waals surface area contributed by atoms with Crippen LogP contribution >= 0.6 is 11.6 Å². The van der Waals surface area contributed by atoms with Crippen LogP contribution in [0.25, 0.3) is 17.1 Å². The fourth-order valence-corrected chi connectivity index (χ4v) is 6.58. The summed E-state index contributed by atoms with van der Waals surface area (Å²) < 4.78 is 94.2. The molecule has 5 heterocycles. The highest BCUT2D eigenvalue weighted by molar-refractivity contribution is 6.34. The van der Waals surface area contributed by atoms with Gasteiger partial charge in [0.05, 0.1) is 66.8 Å². The van der Waals surface area contributed by atoms with Crippen LogP contribution in [-0.2, 0) is 27.5 Å². The largest absolute Gasteiger partial charge is 0.446 e. The SMILES string of the molecule is COC.Cn1c(-c2cn(-c3ccc(N)c(F)n3)nc2C(F)(F)F)cnc1C(=O)Nc1ccc(C(=O)N2CCN(C(=O)C3CC[N+](C)(C)C3)CC2)c(Cl)c1.O=CC(F)(F)F. The van der Waals surface area contributed by atoms with Crippen LogP contribution in [0.2, 0.25) is 5.02 Å². The van der Waals surface area contributed by atoms with Crippen molar-refractivity contribution in [2.24, 2.45) is 13.0 Å². The highest BCUT2D eigenvalue weighted by atomic mass is 35.5. The summed E-state index contributed by atoms with van der Waals surface area (Å²) in [7, 11) is 8.83. The quantitative estimate of drug-likeness (QED) is 0.121. The van der Waals surface area contributed by atoms with Crippen LogP contribution in [0.5, 0.6) is 0 Å². The van der Waals surface area contributed by atoms with E-state index < -0.39 is 41.8 Å². The molecule has 2 fully saturated rings. The molecule has 3 amide bonds. The first-order chi connectivity index (χ1) is 27.5. The number of carbonyl (C=O) groups excluding carboxylic acids is 4. The van der Waals surface area contributed by atoms with Gasteiger partial charge in [0.15, 0.2) is 17.3 Å². The maximum absolute atomic E-state index is 14.0. The molecule has 1 aromatic carbocycles. The summed E-state index contributed by atoms with van der Waals surface area (Å²) in [5.41, 5.74) is 3.75. The molecule has 0 radical (unpaired) electrons. The molecule has 23 heteroatoms. The number of aldehydes is 1. The molecule has 4 aromatic rings. The van der Waals surface area contributed by atoms with E-state index in [1.165, 1.54) is 31.3 Å². The van der Waals surface area contributed by atoms with Gasteiger partial charge in [0.1, 0.15) is 0 Å². The van der Waals surface area contributed by atoms with Gasteiger partial charge in [0.25, 0.3) is 11.8 Å². The molecule has 3 N–H and O–H groups in total. The zero-order valence-electron chi connectivity index (χ0n) is 32.4. The van der Waals surface area contributed by atoms with Crippen LogP contribution in [-0.4, -0.2) is 136 Å². The van der Waals surface area contributed by atoms with E-state index in [0.717, 1.165) is 51.7 Å². The summed E-state index contributed by atoms with van der Waals surface area (Å²) in [5, 5.41) is 6.26. The zero-order valence-corrected chi connectivity index (χ0v) is 33.1. The summed E-state index contributed by atoms with van der Waals surface area (Å²) in [4.78, 5) is 59.3. The van der Waals surface area contributed by atoms with E-state index in [4.69, 9.17) is 22.1 Å². The molecule has 2 aliphatic rings. The van der Waals surface area contributed by atoms with Crippen LogP contribution in [0.15, 0.2) is 42.7 Å². The number of pyridine rings is 1. The maximum atomic E-state index is 14.0. The highest BCUT2D eigenvalue weighted by Crippen LogP contribution is 2.37. The number of nitrogens with one attached hydrogen (secondary N) is 1. The molecular weight excluding hydrogens is 821 g/mol. The number of anilines is 2. The average molecular weight is 862 g/mol. The van der Waals surface area contributed by atoms with Gasteiger partial charge in [-0.3, -0.25) is 19.2 Å². The van der Waals surface area contributed by atoms with Crippen LogP contribution < -0.4 is 11.1 Å². The number of hydrogen-bond donors (Lipinski definition) is 2. The number of methoxy groups -OCH3 is 1. The lowest BCUT2D eigenvalue weighted by atomic mass is 10.1. The number of nitrogens with two attached hydrogens (primary N) is 1. The fourth-order valence-electron chi connectivity index (χ4n) is 6.32. The van der Waals surface area contributed by atoms with Crippen molar-refractivity contribution in [3.05, 3.63) is 70.8 Å². The van der Waals surface area contributed by atoms with Gasteiger partial charge in [-0.05, 0) is 30.3 Å². The second-order valence-electron chi connectivity index (χ2n) is 14.1. The number of hydrogen-bond acceptors (Lipinski definition) is 9. The zero-order chi connectivity index (χ0) is 44.0. The average Bonchev–Trinajstić information content (AvgIpc) is 3.89. The Morgan fingerprint density at radius 1 is 1.02 bits per heavy atom. The number of amides is 3. The van der Waals surface area contributed by atoms with Gasteiger partial charge in [0.2, 0.25) is 18.1 Å². The van der Waals surface area contributed by atoms with Crippen molar-refractivity contribution < 1.29 is 59.1 Å². The number of halogens is 8. The highest BCUT2D eigenvalue weighted by Gasteiger charge is 2.40. The number of ether oxygens (including phenoxy) is 1. The number of quaternary nitrogens is 1. The Bertz CT molecular complexity index is 2170. The van der Waals surface area contributed by atoms with Gasteiger partial charge in [-0.15, -0.1) is 0 Å². The van der Waals surface area contributed by atoms with Crippen molar-refractivity contribution in [1.29, 1.82) is 0 Å². The number of carbonyl (C=O) groups is 4. The molecule has 1 atom stereocenters. The van der Waals surface area contributed by atoms with Gasteiger partial charge in [-0.1, -0.05) is 11.6 Å². The molecule has 59 heavy (non-hydrogen) atoms. The van der Waals surface area contributed by atoms with E-state index in [-0.39, 0.29) is 57.0 Å². The number of aromatic nitrogens is 5. The number of alkyl halides is 6. The molecule has 1 unspecified atom stereocenters. The second-order valence-corrected chi connectivity index (χ2v) is 14.5. The molecule has 320 valence electrons. The van der Waals surface area contributed by atoms with E-state index in [1.807, 2.05) is 4.90 Å². The molecule has 0 saturated carbocycles. The Hall–Kier alpha value is -5.61. The minimum atomic E-state index is -4.91. The van der Waals surface area contributed by atoms with E-state index in [9.17, 15) is 45.1 Å². The van der Waals surface area contributed by atoms with Gasteiger partial charge < -0.3 is 34.6 Å². The lowest BCUT2D eigenvalue weighted by molar-refractivity contribution is -0.878. The maximum Gasteiger partial charge on any atom is 0.446 e. The molecule has 6 rings (SSSR count). The molecular formula is C36H41ClF7N10O5+. The topological polar surface area (TPSA) is 171 Å². The van der Waals surface area contributed by atoms with E-state index in [0.29, 0.717) is 26.2 Å². The Morgan fingerprint density at radius 2 is 1.63 bits per heavy atom. The Morgan fingerprint density at radius 3 is 2.15 bits per heavy atom. The molecule has 15 nitrogen and oxygen atoms in total. The lowest BCUT2D eigenvalue weighted by Crippen LogP contribution is -2.52. The number of piperazine rings is 1. The Kier molecular flexibility index (Phi) is 14.5. The van der Waals surface area contributed by atoms with Crippen molar-refractivity contribution in [1.82, 2.24) is 34.1 Å². The number of rotatable bonds is 6. The van der Waals surface area contributed by atoms with Crippen molar-refractivity contribution >= 4 is 47.0 Å². The monoisotopic (exact) mass is 861 g/mol. The van der Waals surface area contributed by atoms with Gasteiger partial charge in [-0.2, -0.15) is 40.8 Å². The first-order valence-corrected chi connectivity index (χ1v) is 17.9. The molecule has 2 aliphatic heterocycles. The third kappa shape index (κ3) is 11.5. The third-order valence-electron chi connectivity index (χ3n) is 9.16. The van der Waals surface area contributed by atoms with Crippen LogP contribution in [0, 0.1) is 11.9 Å². The summed E-state index contributed by atoms with van der Waals surface area (Å²) >= 11 is 6.47.